The molecule has 8 aliphatic carbocycles. The van der Waals surface area contributed by atoms with E-state index in [1.54, 1.807) is 32.9 Å². The first kappa shape index (κ1) is 47.5. The summed E-state index contributed by atoms with van der Waals surface area (Å²) in [5, 5.41) is 11.4. The number of hydrogen-bond donors (Lipinski definition) is 1. The van der Waals surface area contributed by atoms with Crippen molar-refractivity contribution in [3.05, 3.63) is 35.5 Å². The number of Topliss-reactive ketones (excluding diaryl/α,β-unsaturated/α-hetero) is 2. The maximum Gasteiger partial charge on any atom is 0.306 e. The quantitative estimate of drug-likeness (QED) is 0.193. The Hall–Kier alpha value is -2.99. The van der Waals surface area contributed by atoms with Gasteiger partial charge >= 0.3 is 11.9 Å². The predicted molar refractivity (Wildman–Crippen MR) is 238 cm³/mol. The number of fused-ring (bicyclic) bond motifs is 12. The van der Waals surface area contributed by atoms with Crippen molar-refractivity contribution < 1.29 is 52.8 Å². The average molecular weight is 908 g/mol. The van der Waals surface area contributed by atoms with E-state index in [0.29, 0.717) is 42.8 Å². The van der Waals surface area contributed by atoms with Crippen LogP contribution < -0.4 is 0 Å². The van der Waals surface area contributed by atoms with Gasteiger partial charge in [-0.1, -0.05) is 65.7 Å². The van der Waals surface area contributed by atoms with Gasteiger partial charge in [0.05, 0.1) is 12.2 Å². The molecule has 0 aromatic rings. The van der Waals surface area contributed by atoms with Crippen LogP contribution in [0.4, 0.5) is 0 Å². The minimum absolute atomic E-state index is 0.0767. The predicted octanol–water partition coefficient (Wildman–Crippen LogP) is 8.55. The zero-order chi connectivity index (χ0) is 46.7. The van der Waals surface area contributed by atoms with Crippen LogP contribution in [-0.2, 0) is 47.7 Å². The number of esters is 2. The minimum atomic E-state index is -1.54. The van der Waals surface area contributed by atoms with Crippen molar-refractivity contribution in [2.75, 3.05) is 6.61 Å². The highest BCUT2D eigenvalue weighted by atomic mass is 35.5. The van der Waals surface area contributed by atoms with Crippen molar-refractivity contribution >= 4 is 46.7 Å². The Balaban J connectivity index is 0.000000180. The van der Waals surface area contributed by atoms with Crippen molar-refractivity contribution in [1.82, 2.24) is 0 Å². The molecule has 11 nitrogen and oxygen atoms in total. The highest BCUT2D eigenvalue weighted by Gasteiger charge is 2.76. The molecular weight excluding hydrogens is 836 g/mol. The molecule has 0 radical (unpaired) electrons. The second-order valence-electron chi connectivity index (χ2n) is 22.5. The molecule has 0 aromatic heterocycles. The lowest BCUT2D eigenvalue weighted by molar-refractivity contribution is -0.214. The largest absolute Gasteiger partial charge is 0.457 e. The molecule has 0 amide bonds. The molecular formula is C52H71ClO11. The number of carbonyl (C=O) groups is 6. The Morgan fingerprint density at radius 1 is 0.875 bits per heavy atom. The van der Waals surface area contributed by atoms with Crippen molar-refractivity contribution in [3.63, 3.8) is 0 Å². The van der Waals surface area contributed by atoms with Crippen LogP contribution in [0.1, 0.15) is 146 Å². The smallest absolute Gasteiger partial charge is 0.306 e. The number of allylic oxidation sites excluding steroid dienone is 5. The standard InChI is InChI=1S/C28H37ClO7.C24H34O4/c1-6-22(33)35-14-21(32)28(36-23(34)7-2)15(3)10-18-24-19(29)12-16-11-17(30)8-9-26(16,4)25(24)20(31)13-27(18,28)5;1-14(25)24-20(27-21(2,3)28-24)13-19-17-7-6-15-12-16(26)8-10-22(15,4)18(17)9-11-23(19,24)5/h8-9,11,15,18-20,24-25,31H,6-7,10,12-14H2,1-5H3;12,17-20H,6-11,13H2,1-5H3/t15-,18+,19-,20+,24-,25+,26+,27+,28+;17-,18+,19+,20-,22+,23+,24-/m11/s1. The van der Waals surface area contributed by atoms with Gasteiger partial charge in [0.25, 0.3) is 0 Å². The summed E-state index contributed by atoms with van der Waals surface area (Å²) in [7, 11) is 0. The van der Waals surface area contributed by atoms with E-state index in [0.717, 1.165) is 44.1 Å². The molecule has 16 atom stereocenters. The molecule has 12 heteroatoms. The molecule has 1 aliphatic heterocycles. The first-order chi connectivity index (χ1) is 29.9. The fourth-order valence-corrected chi connectivity index (χ4v) is 16.8. The summed E-state index contributed by atoms with van der Waals surface area (Å²) in [6.45, 7) is 19.0. The van der Waals surface area contributed by atoms with Crippen molar-refractivity contribution in [1.29, 1.82) is 0 Å². The van der Waals surface area contributed by atoms with Crippen LogP contribution in [0.3, 0.4) is 0 Å². The number of ketones is 4. The average Bonchev–Trinajstić information content (AvgIpc) is 3.74. The number of aliphatic hydroxyl groups excluding tert-OH is 1. The molecule has 0 unspecified atom stereocenters. The molecule has 7 fully saturated rings. The molecule has 352 valence electrons. The lowest BCUT2D eigenvalue weighted by Crippen LogP contribution is -2.65. The third-order valence-electron chi connectivity index (χ3n) is 19.1. The van der Waals surface area contributed by atoms with E-state index in [1.165, 1.54) is 5.57 Å². The lowest BCUT2D eigenvalue weighted by Gasteiger charge is -2.61. The van der Waals surface area contributed by atoms with Gasteiger partial charge < -0.3 is 24.1 Å². The molecule has 1 heterocycles. The van der Waals surface area contributed by atoms with Crippen LogP contribution in [0.2, 0.25) is 0 Å². The Morgan fingerprint density at radius 3 is 2.25 bits per heavy atom. The normalized spacial score (nSPS) is 46.8. The van der Waals surface area contributed by atoms with E-state index in [9.17, 15) is 33.9 Å². The maximum atomic E-state index is 13.9. The number of ether oxygens (including phenoxy) is 4. The summed E-state index contributed by atoms with van der Waals surface area (Å²) in [4.78, 5) is 75.6. The minimum Gasteiger partial charge on any atom is -0.457 e. The van der Waals surface area contributed by atoms with Crippen LogP contribution in [0.25, 0.3) is 0 Å². The molecule has 64 heavy (non-hydrogen) atoms. The first-order valence-electron chi connectivity index (χ1n) is 24.2. The van der Waals surface area contributed by atoms with Crippen molar-refractivity contribution in [2.45, 2.75) is 181 Å². The second kappa shape index (κ2) is 16.1. The zero-order valence-electron chi connectivity index (χ0n) is 39.7. The van der Waals surface area contributed by atoms with Crippen molar-refractivity contribution in [3.8, 4) is 0 Å². The molecule has 0 aromatic carbocycles. The summed E-state index contributed by atoms with van der Waals surface area (Å²) in [5.41, 5.74) is -1.48. The van der Waals surface area contributed by atoms with E-state index in [-0.39, 0.29) is 76.8 Å². The summed E-state index contributed by atoms with van der Waals surface area (Å²) in [6.07, 6.45) is 14.5. The van der Waals surface area contributed by atoms with Gasteiger partial charge in [0.1, 0.15) is 0 Å². The fraction of sp³-hybridized carbons (Fsp3) is 0.769. The van der Waals surface area contributed by atoms with Gasteiger partial charge in [-0.15, -0.1) is 11.6 Å². The van der Waals surface area contributed by atoms with Crippen LogP contribution in [0.5, 0.6) is 0 Å². The number of alkyl halides is 1. The zero-order valence-corrected chi connectivity index (χ0v) is 40.4. The summed E-state index contributed by atoms with van der Waals surface area (Å²) < 4.78 is 24.1. The molecule has 1 N–H and O–H groups in total. The van der Waals surface area contributed by atoms with Gasteiger partial charge in [0.2, 0.25) is 5.78 Å². The third-order valence-corrected chi connectivity index (χ3v) is 19.6. The monoisotopic (exact) mass is 906 g/mol. The van der Waals surface area contributed by atoms with Gasteiger partial charge in [-0.2, -0.15) is 0 Å². The number of aliphatic hydroxyl groups is 1. The van der Waals surface area contributed by atoms with E-state index in [2.05, 4.69) is 13.8 Å². The van der Waals surface area contributed by atoms with E-state index >= 15 is 0 Å². The SMILES string of the molecule is CC(=O)[C@@]12OC(C)(C)O[C@@H]1C[C@H]1[C@@H]3CCC4=CC(=O)CC[C@]4(C)[C@H]3CC[C@@]12C.CCC(=O)OCC(=O)[C@@]1(OC(=O)CC)[C@H](C)C[C@H]2[C@H]3[C@H]([C@@H](O)C[C@@]21C)[C@@]1(C)C=CC(=O)C=C1C[C@H]3Cl. The first-order valence-corrected chi connectivity index (χ1v) is 24.6. The number of halogens is 1. The topological polar surface area (TPSA) is 160 Å². The van der Waals surface area contributed by atoms with E-state index in [4.69, 9.17) is 30.5 Å². The van der Waals surface area contributed by atoms with Crippen LogP contribution in [0.15, 0.2) is 35.5 Å². The number of rotatable bonds is 7. The molecule has 0 bridgehead atoms. The number of carbonyl (C=O) groups excluding carboxylic acids is 6. The van der Waals surface area contributed by atoms with Gasteiger partial charge in [0, 0.05) is 52.7 Å². The molecule has 9 aliphatic rings. The van der Waals surface area contributed by atoms with Crippen molar-refractivity contribution in [2.24, 2.45) is 63.1 Å². The summed E-state index contributed by atoms with van der Waals surface area (Å²) >= 11 is 7.04. The van der Waals surface area contributed by atoms with Gasteiger partial charge in [0.15, 0.2) is 40.9 Å². The van der Waals surface area contributed by atoms with Crippen LogP contribution in [0, 0.1) is 63.1 Å². The lowest BCUT2D eigenvalue weighted by atomic mass is 9.46. The Labute approximate surface area is 384 Å². The molecule has 1 saturated heterocycles. The van der Waals surface area contributed by atoms with Crippen LogP contribution >= 0.6 is 11.6 Å². The Bertz CT molecular complexity index is 2100. The Morgan fingerprint density at radius 2 is 1.58 bits per heavy atom. The van der Waals surface area contributed by atoms with E-state index < -0.39 is 58.3 Å². The van der Waals surface area contributed by atoms with Gasteiger partial charge in [-0.25, -0.2) is 0 Å². The third kappa shape index (κ3) is 6.71. The molecule has 9 rings (SSSR count). The van der Waals surface area contributed by atoms with E-state index in [1.807, 2.05) is 46.8 Å². The highest BCUT2D eigenvalue weighted by Crippen LogP contribution is 2.72. The maximum absolute atomic E-state index is 13.9. The summed E-state index contributed by atoms with van der Waals surface area (Å²) in [6, 6.07) is 0. The van der Waals surface area contributed by atoms with Crippen LogP contribution in [-0.4, -0.2) is 81.4 Å². The highest BCUT2D eigenvalue weighted by molar-refractivity contribution is 6.21. The molecule has 0 spiro atoms. The second-order valence-corrected chi connectivity index (χ2v) is 23.1. The summed E-state index contributed by atoms with van der Waals surface area (Å²) in [5.74, 6) is -1.05. The Kier molecular flexibility index (Phi) is 11.9. The number of hydrogen-bond acceptors (Lipinski definition) is 11. The van der Waals surface area contributed by atoms with Gasteiger partial charge in [-0.3, -0.25) is 28.8 Å². The molecule has 6 saturated carbocycles. The van der Waals surface area contributed by atoms with Gasteiger partial charge in [-0.05, 0) is 132 Å². The fourth-order valence-electron chi connectivity index (χ4n) is 16.3.